The third-order valence-electron chi connectivity index (χ3n) is 3.87. The van der Waals surface area contributed by atoms with Gasteiger partial charge in [-0.15, -0.1) is 0 Å². The van der Waals surface area contributed by atoms with Crippen molar-refractivity contribution in [3.8, 4) is 11.5 Å². The SMILES string of the molecule is CNCc1ccc(OC)c(OCc2cccc3ccccc23)c1. The lowest BCUT2D eigenvalue weighted by Crippen LogP contribution is -2.06. The number of hydrogen-bond donors (Lipinski definition) is 1. The van der Waals surface area contributed by atoms with Gasteiger partial charge in [0.2, 0.25) is 0 Å². The van der Waals surface area contributed by atoms with Gasteiger partial charge >= 0.3 is 0 Å². The summed E-state index contributed by atoms with van der Waals surface area (Å²) < 4.78 is 11.5. The molecule has 0 radical (unpaired) electrons. The molecular weight excluding hydrogens is 286 g/mol. The zero-order valence-corrected chi connectivity index (χ0v) is 13.5. The average molecular weight is 307 g/mol. The van der Waals surface area contributed by atoms with Gasteiger partial charge in [0.15, 0.2) is 11.5 Å². The number of rotatable bonds is 6. The normalized spacial score (nSPS) is 10.7. The molecule has 0 saturated heterocycles. The van der Waals surface area contributed by atoms with Crippen molar-refractivity contribution < 1.29 is 9.47 Å². The van der Waals surface area contributed by atoms with E-state index in [4.69, 9.17) is 9.47 Å². The van der Waals surface area contributed by atoms with Gasteiger partial charge in [-0.25, -0.2) is 0 Å². The van der Waals surface area contributed by atoms with Crippen molar-refractivity contribution in [3.63, 3.8) is 0 Å². The second-order valence-corrected chi connectivity index (χ2v) is 5.44. The Morgan fingerprint density at radius 2 is 1.74 bits per heavy atom. The smallest absolute Gasteiger partial charge is 0.161 e. The molecule has 1 N–H and O–H groups in total. The summed E-state index contributed by atoms with van der Waals surface area (Å²) >= 11 is 0. The molecule has 0 fully saturated rings. The molecule has 0 bridgehead atoms. The van der Waals surface area contributed by atoms with E-state index >= 15 is 0 Å². The molecule has 0 amide bonds. The number of fused-ring (bicyclic) bond motifs is 1. The first-order chi connectivity index (χ1) is 11.3. The fourth-order valence-electron chi connectivity index (χ4n) is 2.72. The van der Waals surface area contributed by atoms with Crippen molar-refractivity contribution in [2.45, 2.75) is 13.2 Å². The number of hydrogen-bond acceptors (Lipinski definition) is 3. The Kier molecular flexibility index (Phi) is 4.79. The summed E-state index contributed by atoms with van der Waals surface area (Å²) in [5.41, 5.74) is 2.34. The van der Waals surface area contributed by atoms with Gasteiger partial charge in [0, 0.05) is 6.54 Å². The molecule has 3 heteroatoms. The minimum absolute atomic E-state index is 0.515. The minimum atomic E-state index is 0.515. The quantitative estimate of drug-likeness (QED) is 0.742. The highest BCUT2D eigenvalue weighted by atomic mass is 16.5. The molecule has 23 heavy (non-hydrogen) atoms. The van der Waals surface area contributed by atoms with Crippen molar-refractivity contribution in [1.82, 2.24) is 5.32 Å². The van der Waals surface area contributed by atoms with Gasteiger partial charge in [0.1, 0.15) is 6.61 Å². The maximum atomic E-state index is 6.06. The van der Waals surface area contributed by atoms with E-state index in [2.05, 4.69) is 47.8 Å². The van der Waals surface area contributed by atoms with Crippen LogP contribution in [-0.4, -0.2) is 14.2 Å². The molecule has 118 valence electrons. The molecule has 0 saturated carbocycles. The zero-order valence-electron chi connectivity index (χ0n) is 13.5. The average Bonchev–Trinajstić information content (AvgIpc) is 2.60. The summed E-state index contributed by atoms with van der Waals surface area (Å²) in [6, 6.07) is 20.7. The highest BCUT2D eigenvalue weighted by molar-refractivity contribution is 5.85. The van der Waals surface area contributed by atoms with Gasteiger partial charge in [-0.1, -0.05) is 48.5 Å². The Balaban J connectivity index is 1.85. The van der Waals surface area contributed by atoms with Crippen LogP contribution in [0.5, 0.6) is 11.5 Å². The molecule has 0 atom stereocenters. The first-order valence-electron chi connectivity index (χ1n) is 7.73. The van der Waals surface area contributed by atoms with Crippen molar-refractivity contribution in [2.75, 3.05) is 14.2 Å². The van der Waals surface area contributed by atoms with E-state index in [1.54, 1.807) is 7.11 Å². The van der Waals surface area contributed by atoms with Crippen LogP contribution in [0.2, 0.25) is 0 Å². The standard InChI is InChI=1S/C20H21NO2/c1-21-13-15-10-11-19(22-2)20(12-15)23-14-17-8-5-7-16-6-3-4-9-18(16)17/h3-12,21H,13-14H2,1-2H3. The lowest BCUT2D eigenvalue weighted by Gasteiger charge is -2.13. The monoisotopic (exact) mass is 307 g/mol. The van der Waals surface area contributed by atoms with Crippen LogP contribution in [0, 0.1) is 0 Å². The van der Waals surface area contributed by atoms with Crippen LogP contribution in [0.1, 0.15) is 11.1 Å². The topological polar surface area (TPSA) is 30.5 Å². The molecule has 0 aromatic heterocycles. The molecule has 3 aromatic rings. The van der Waals surface area contributed by atoms with Gasteiger partial charge in [-0.3, -0.25) is 0 Å². The zero-order chi connectivity index (χ0) is 16.1. The summed E-state index contributed by atoms with van der Waals surface area (Å²) in [4.78, 5) is 0. The first kappa shape index (κ1) is 15.4. The second kappa shape index (κ2) is 7.16. The molecule has 3 nitrogen and oxygen atoms in total. The molecule has 0 aliphatic rings. The summed E-state index contributed by atoms with van der Waals surface area (Å²) in [5, 5.41) is 5.60. The molecule has 0 unspecified atom stereocenters. The van der Waals surface area contributed by atoms with E-state index in [-0.39, 0.29) is 0 Å². The van der Waals surface area contributed by atoms with E-state index in [1.165, 1.54) is 21.9 Å². The lowest BCUT2D eigenvalue weighted by molar-refractivity contribution is 0.285. The Hall–Kier alpha value is -2.52. The Labute approximate surface area is 136 Å². The van der Waals surface area contributed by atoms with Gasteiger partial charge in [-0.2, -0.15) is 0 Å². The van der Waals surface area contributed by atoms with Crippen LogP contribution >= 0.6 is 0 Å². The largest absolute Gasteiger partial charge is 0.493 e. The fourth-order valence-corrected chi connectivity index (χ4v) is 2.72. The Bertz CT molecular complexity index is 793. The van der Waals surface area contributed by atoms with E-state index in [0.717, 1.165) is 18.0 Å². The van der Waals surface area contributed by atoms with E-state index < -0.39 is 0 Å². The van der Waals surface area contributed by atoms with Gasteiger partial charge in [0.05, 0.1) is 7.11 Å². The molecule has 3 aromatic carbocycles. The van der Waals surface area contributed by atoms with Crippen molar-refractivity contribution in [3.05, 3.63) is 71.8 Å². The fraction of sp³-hybridized carbons (Fsp3) is 0.200. The van der Waals surface area contributed by atoms with Crippen LogP contribution in [0.4, 0.5) is 0 Å². The first-order valence-corrected chi connectivity index (χ1v) is 7.73. The molecule has 0 spiro atoms. The van der Waals surface area contributed by atoms with E-state index in [0.29, 0.717) is 6.61 Å². The van der Waals surface area contributed by atoms with Gasteiger partial charge < -0.3 is 14.8 Å². The lowest BCUT2D eigenvalue weighted by atomic mass is 10.1. The van der Waals surface area contributed by atoms with Crippen molar-refractivity contribution in [1.29, 1.82) is 0 Å². The predicted molar refractivity (Wildman–Crippen MR) is 94.0 cm³/mol. The molecule has 0 heterocycles. The maximum absolute atomic E-state index is 6.06. The van der Waals surface area contributed by atoms with Crippen LogP contribution in [0.25, 0.3) is 10.8 Å². The maximum Gasteiger partial charge on any atom is 0.161 e. The summed E-state index contributed by atoms with van der Waals surface area (Å²) in [6.45, 7) is 1.31. The second-order valence-electron chi connectivity index (χ2n) is 5.44. The van der Waals surface area contributed by atoms with Crippen molar-refractivity contribution >= 4 is 10.8 Å². The Morgan fingerprint density at radius 3 is 2.57 bits per heavy atom. The third kappa shape index (κ3) is 3.46. The molecule has 3 rings (SSSR count). The van der Waals surface area contributed by atoms with Crippen LogP contribution in [0.15, 0.2) is 60.7 Å². The summed E-state index contributed by atoms with van der Waals surface area (Å²) in [5.74, 6) is 1.53. The van der Waals surface area contributed by atoms with Crippen LogP contribution in [-0.2, 0) is 13.2 Å². The van der Waals surface area contributed by atoms with Gasteiger partial charge in [0.25, 0.3) is 0 Å². The summed E-state index contributed by atoms with van der Waals surface area (Å²) in [7, 11) is 3.60. The van der Waals surface area contributed by atoms with Crippen LogP contribution in [0.3, 0.4) is 0 Å². The Morgan fingerprint density at radius 1 is 0.913 bits per heavy atom. The van der Waals surface area contributed by atoms with Crippen molar-refractivity contribution in [2.24, 2.45) is 0 Å². The highest BCUT2D eigenvalue weighted by Gasteiger charge is 2.07. The molecular formula is C20H21NO2. The third-order valence-corrected chi connectivity index (χ3v) is 3.87. The predicted octanol–water partition coefficient (Wildman–Crippen LogP) is 4.15. The van der Waals surface area contributed by atoms with E-state index in [9.17, 15) is 0 Å². The number of methoxy groups -OCH3 is 1. The number of ether oxygens (including phenoxy) is 2. The highest BCUT2D eigenvalue weighted by Crippen LogP contribution is 2.29. The molecule has 0 aliphatic carbocycles. The van der Waals surface area contributed by atoms with Crippen LogP contribution < -0.4 is 14.8 Å². The minimum Gasteiger partial charge on any atom is -0.493 e. The number of nitrogens with one attached hydrogen (secondary N) is 1. The van der Waals surface area contributed by atoms with E-state index in [1.807, 2.05) is 25.2 Å². The number of benzene rings is 3. The molecule has 0 aliphatic heterocycles. The van der Waals surface area contributed by atoms with Gasteiger partial charge in [-0.05, 0) is 41.1 Å². The summed E-state index contributed by atoms with van der Waals surface area (Å²) in [6.07, 6.45) is 0.